The molecule has 0 atom stereocenters. The Morgan fingerprint density at radius 1 is 0.929 bits per heavy atom. The van der Waals surface area contributed by atoms with E-state index in [0.717, 1.165) is 32.1 Å². The summed E-state index contributed by atoms with van der Waals surface area (Å²) < 4.78 is 27.5. The van der Waals surface area contributed by atoms with Gasteiger partial charge in [0, 0.05) is 24.7 Å². The minimum Gasteiger partial charge on any atom is -0.326 e. The molecule has 0 unspecified atom stereocenters. The fraction of sp³-hybridized carbons (Fsp3) is 0.409. The molecule has 1 saturated heterocycles. The first-order chi connectivity index (χ1) is 13.5. The zero-order valence-corrected chi connectivity index (χ0v) is 16.7. The SMILES string of the molecule is O=C(Nc1ccc(S(=O)(=O)N2CCC(Cc3ccccc3)CC2)cc1)C1CC1. The maximum absolute atomic E-state index is 12.9. The van der Waals surface area contributed by atoms with Crippen molar-refractivity contribution in [2.24, 2.45) is 11.8 Å². The number of hydrogen-bond donors (Lipinski definition) is 1. The van der Waals surface area contributed by atoms with Gasteiger partial charge in [-0.25, -0.2) is 8.42 Å². The number of anilines is 1. The van der Waals surface area contributed by atoms with E-state index in [1.807, 2.05) is 18.2 Å². The third-order valence-corrected chi connectivity index (χ3v) is 7.56. The first-order valence-corrected chi connectivity index (χ1v) is 11.4. The molecule has 0 aromatic heterocycles. The molecule has 1 heterocycles. The van der Waals surface area contributed by atoms with Crippen molar-refractivity contribution in [3.63, 3.8) is 0 Å². The molecule has 5 nitrogen and oxygen atoms in total. The van der Waals surface area contributed by atoms with Crippen LogP contribution in [0.5, 0.6) is 0 Å². The van der Waals surface area contributed by atoms with Gasteiger partial charge in [0.1, 0.15) is 0 Å². The zero-order valence-electron chi connectivity index (χ0n) is 15.9. The summed E-state index contributed by atoms with van der Waals surface area (Å²) in [7, 11) is -3.49. The number of carbonyl (C=O) groups is 1. The van der Waals surface area contributed by atoms with Crippen molar-refractivity contribution < 1.29 is 13.2 Å². The van der Waals surface area contributed by atoms with E-state index in [-0.39, 0.29) is 11.8 Å². The fourth-order valence-corrected chi connectivity index (χ4v) is 5.22. The van der Waals surface area contributed by atoms with Crippen LogP contribution in [0.1, 0.15) is 31.2 Å². The molecule has 1 aliphatic heterocycles. The molecule has 2 fully saturated rings. The van der Waals surface area contributed by atoms with Crippen molar-refractivity contribution in [3.05, 3.63) is 60.2 Å². The Morgan fingerprint density at radius 3 is 2.18 bits per heavy atom. The molecule has 148 valence electrons. The Kier molecular flexibility index (Phi) is 5.51. The number of amides is 1. The lowest BCUT2D eigenvalue weighted by Gasteiger charge is -2.31. The maximum atomic E-state index is 12.9. The van der Waals surface area contributed by atoms with Crippen molar-refractivity contribution in [3.8, 4) is 0 Å². The first kappa shape index (κ1) is 19.2. The van der Waals surface area contributed by atoms with Gasteiger partial charge in [0.25, 0.3) is 0 Å². The molecular formula is C22H26N2O3S. The highest BCUT2D eigenvalue weighted by Gasteiger charge is 2.31. The molecule has 2 aliphatic rings. The molecular weight excluding hydrogens is 372 g/mol. The van der Waals surface area contributed by atoms with Gasteiger partial charge in [-0.1, -0.05) is 30.3 Å². The van der Waals surface area contributed by atoms with Gasteiger partial charge >= 0.3 is 0 Å². The highest BCUT2D eigenvalue weighted by Crippen LogP contribution is 2.31. The summed E-state index contributed by atoms with van der Waals surface area (Å²) in [6.45, 7) is 1.11. The molecule has 1 saturated carbocycles. The molecule has 2 aromatic carbocycles. The standard InChI is InChI=1S/C22H26N2O3S/c25-22(19-6-7-19)23-20-8-10-21(11-9-20)28(26,27)24-14-12-18(13-15-24)16-17-4-2-1-3-5-17/h1-5,8-11,18-19H,6-7,12-16H2,(H,23,25). The number of nitrogens with zero attached hydrogens (tertiary/aromatic N) is 1. The summed E-state index contributed by atoms with van der Waals surface area (Å²) >= 11 is 0. The molecule has 0 radical (unpaired) electrons. The summed E-state index contributed by atoms with van der Waals surface area (Å²) in [5, 5.41) is 2.84. The zero-order chi connectivity index (χ0) is 19.6. The van der Waals surface area contributed by atoms with Gasteiger partial charge in [-0.3, -0.25) is 4.79 Å². The molecule has 28 heavy (non-hydrogen) atoms. The summed E-state index contributed by atoms with van der Waals surface area (Å²) in [5.74, 6) is 0.672. The van der Waals surface area contributed by atoms with Crippen LogP contribution in [-0.4, -0.2) is 31.7 Å². The van der Waals surface area contributed by atoms with Crippen molar-refractivity contribution in [2.75, 3.05) is 18.4 Å². The Bertz CT molecular complexity index is 914. The predicted molar refractivity (Wildman–Crippen MR) is 109 cm³/mol. The fourth-order valence-electron chi connectivity index (χ4n) is 3.75. The Hall–Kier alpha value is -2.18. The van der Waals surface area contributed by atoms with Crippen molar-refractivity contribution in [1.29, 1.82) is 0 Å². The summed E-state index contributed by atoms with van der Waals surface area (Å²) in [4.78, 5) is 12.1. The molecule has 1 N–H and O–H groups in total. The lowest BCUT2D eigenvalue weighted by molar-refractivity contribution is -0.117. The van der Waals surface area contributed by atoms with Gasteiger partial charge in [-0.2, -0.15) is 4.31 Å². The predicted octanol–water partition coefficient (Wildman–Crippen LogP) is 3.68. The highest BCUT2D eigenvalue weighted by molar-refractivity contribution is 7.89. The minimum atomic E-state index is -3.49. The van der Waals surface area contributed by atoms with Crippen molar-refractivity contribution >= 4 is 21.6 Å². The number of benzene rings is 2. The van der Waals surface area contributed by atoms with Gasteiger partial charge < -0.3 is 5.32 Å². The van der Waals surface area contributed by atoms with E-state index in [1.165, 1.54) is 5.56 Å². The van der Waals surface area contributed by atoms with Gasteiger partial charge in [-0.15, -0.1) is 0 Å². The molecule has 1 aliphatic carbocycles. The summed E-state index contributed by atoms with van der Waals surface area (Å²) in [6.07, 6.45) is 4.65. The normalized spacial score (nSPS) is 18.7. The minimum absolute atomic E-state index is 0.0242. The van der Waals surface area contributed by atoms with E-state index in [0.29, 0.717) is 29.6 Å². The van der Waals surface area contributed by atoms with Crippen LogP contribution in [0.15, 0.2) is 59.5 Å². The number of nitrogens with one attached hydrogen (secondary N) is 1. The molecule has 4 rings (SSSR count). The van der Waals surface area contributed by atoms with Crippen molar-refractivity contribution in [2.45, 2.75) is 37.0 Å². The van der Waals surface area contributed by atoms with E-state index in [4.69, 9.17) is 0 Å². The van der Waals surface area contributed by atoms with Crippen LogP contribution in [0.3, 0.4) is 0 Å². The lowest BCUT2D eigenvalue weighted by Crippen LogP contribution is -2.38. The third-order valence-electron chi connectivity index (χ3n) is 5.65. The largest absolute Gasteiger partial charge is 0.326 e. The summed E-state index contributed by atoms with van der Waals surface area (Å²) in [6, 6.07) is 16.9. The van der Waals surface area contributed by atoms with E-state index < -0.39 is 10.0 Å². The van der Waals surface area contributed by atoms with Crippen LogP contribution in [0.4, 0.5) is 5.69 Å². The second kappa shape index (κ2) is 8.05. The van der Waals surface area contributed by atoms with Crippen LogP contribution < -0.4 is 5.32 Å². The number of sulfonamides is 1. The first-order valence-electron chi connectivity index (χ1n) is 9.97. The maximum Gasteiger partial charge on any atom is 0.243 e. The van der Waals surface area contributed by atoms with Crippen LogP contribution >= 0.6 is 0 Å². The second-order valence-electron chi connectivity index (χ2n) is 7.83. The molecule has 0 bridgehead atoms. The molecule has 2 aromatic rings. The number of hydrogen-bond acceptors (Lipinski definition) is 3. The van der Waals surface area contributed by atoms with E-state index in [9.17, 15) is 13.2 Å². The summed E-state index contributed by atoms with van der Waals surface area (Å²) in [5.41, 5.74) is 1.96. The molecule has 6 heteroatoms. The number of carbonyl (C=O) groups excluding carboxylic acids is 1. The lowest BCUT2D eigenvalue weighted by atomic mass is 9.91. The topological polar surface area (TPSA) is 66.5 Å². The van der Waals surface area contributed by atoms with Gasteiger partial charge in [0.15, 0.2) is 0 Å². The Balaban J connectivity index is 1.35. The monoisotopic (exact) mass is 398 g/mol. The van der Waals surface area contributed by atoms with Crippen LogP contribution in [0.2, 0.25) is 0 Å². The van der Waals surface area contributed by atoms with Crippen LogP contribution in [0.25, 0.3) is 0 Å². The van der Waals surface area contributed by atoms with Crippen LogP contribution in [-0.2, 0) is 21.2 Å². The molecule has 1 amide bonds. The number of rotatable bonds is 6. The van der Waals surface area contributed by atoms with Gasteiger partial charge in [0.2, 0.25) is 15.9 Å². The highest BCUT2D eigenvalue weighted by atomic mass is 32.2. The Morgan fingerprint density at radius 2 is 1.57 bits per heavy atom. The second-order valence-corrected chi connectivity index (χ2v) is 9.76. The smallest absolute Gasteiger partial charge is 0.243 e. The average molecular weight is 399 g/mol. The van der Waals surface area contributed by atoms with E-state index in [2.05, 4.69) is 17.4 Å². The van der Waals surface area contributed by atoms with Gasteiger partial charge in [-0.05, 0) is 67.9 Å². The quantitative estimate of drug-likeness (QED) is 0.807. The van der Waals surface area contributed by atoms with E-state index in [1.54, 1.807) is 28.6 Å². The third kappa shape index (κ3) is 4.45. The van der Waals surface area contributed by atoms with Gasteiger partial charge in [0.05, 0.1) is 4.90 Å². The molecule has 0 spiro atoms. The number of piperidine rings is 1. The van der Waals surface area contributed by atoms with E-state index >= 15 is 0 Å². The van der Waals surface area contributed by atoms with Crippen molar-refractivity contribution in [1.82, 2.24) is 4.31 Å². The Labute approximate surface area is 166 Å². The van der Waals surface area contributed by atoms with Crippen LogP contribution in [0, 0.1) is 11.8 Å². The average Bonchev–Trinajstić information content (AvgIpc) is 3.55.